The molecule has 5 rings (SSSR count). The zero-order valence-electron chi connectivity index (χ0n) is 19.7. The number of aromatic nitrogens is 4. The third kappa shape index (κ3) is 4.81. The maximum absolute atomic E-state index is 13.3. The maximum atomic E-state index is 13.3. The first-order valence-electron chi connectivity index (χ1n) is 11.3. The number of carbonyl (C=O) groups excluding carboxylic acids is 1. The molecule has 3 N–H and O–H groups in total. The van der Waals surface area contributed by atoms with E-state index in [0.717, 1.165) is 17.7 Å². The number of anilines is 1. The number of nitrogens with one attached hydrogen (secondary N) is 1. The molecule has 1 aliphatic heterocycles. The number of carbonyl (C=O) groups is 1. The highest BCUT2D eigenvalue weighted by atomic mass is 32.1. The fourth-order valence-electron chi connectivity index (χ4n) is 4.23. The van der Waals surface area contributed by atoms with E-state index in [0.29, 0.717) is 23.9 Å². The fraction of sp³-hybridized carbons (Fsp3) is 0.348. The highest BCUT2D eigenvalue weighted by molar-refractivity contribution is 7.09. The normalized spacial score (nSPS) is 16.8. The number of oxazole rings is 1. The van der Waals surface area contributed by atoms with E-state index in [2.05, 4.69) is 24.6 Å². The first kappa shape index (κ1) is 24.9. The predicted molar refractivity (Wildman–Crippen MR) is 129 cm³/mol. The summed E-state index contributed by atoms with van der Waals surface area (Å²) in [6.07, 6.45) is -2.43. The molecule has 194 valence electrons. The first-order valence-corrected chi connectivity index (χ1v) is 12.1. The number of fused-ring (bicyclic) bond motifs is 1. The lowest BCUT2D eigenvalue weighted by atomic mass is 10.1. The van der Waals surface area contributed by atoms with Crippen LogP contribution >= 0.6 is 11.5 Å². The molecule has 0 unspecified atom stereocenters. The van der Waals surface area contributed by atoms with Gasteiger partial charge in [-0.3, -0.25) is 4.79 Å². The second-order valence-electron chi connectivity index (χ2n) is 8.56. The van der Waals surface area contributed by atoms with Crippen LogP contribution in [0.2, 0.25) is 0 Å². The van der Waals surface area contributed by atoms with Crippen molar-refractivity contribution in [2.45, 2.75) is 31.6 Å². The molecule has 1 aliphatic rings. The Bertz CT molecular complexity index is 1440. The number of hydrogen-bond donors (Lipinski definition) is 2. The minimum absolute atomic E-state index is 0.0101. The van der Waals surface area contributed by atoms with E-state index in [1.54, 1.807) is 13.0 Å². The van der Waals surface area contributed by atoms with Gasteiger partial charge in [0.05, 0.1) is 13.2 Å². The van der Waals surface area contributed by atoms with Crippen molar-refractivity contribution in [1.82, 2.24) is 24.6 Å². The Balaban J connectivity index is 1.47. The van der Waals surface area contributed by atoms with Crippen LogP contribution < -0.4 is 20.7 Å². The molecule has 0 aliphatic carbocycles. The molecule has 1 amide bonds. The van der Waals surface area contributed by atoms with Crippen LogP contribution in [0.5, 0.6) is 5.75 Å². The summed E-state index contributed by atoms with van der Waals surface area (Å²) >= 11 is 1.28. The van der Waals surface area contributed by atoms with E-state index in [4.69, 9.17) is 14.9 Å². The van der Waals surface area contributed by atoms with Gasteiger partial charge in [0, 0.05) is 41.6 Å². The molecule has 3 aromatic heterocycles. The van der Waals surface area contributed by atoms with Crippen LogP contribution in [0, 0.1) is 0 Å². The summed E-state index contributed by atoms with van der Waals surface area (Å²) in [6.45, 7) is 2.93. The first-order chi connectivity index (χ1) is 17.7. The van der Waals surface area contributed by atoms with Crippen LogP contribution in [-0.2, 0) is 6.18 Å². The van der Waals surface area contributed by atoms with Crippen molar-refractivity contribution < 1.29 is 27.1 Å². The molecular formula is C23H22F3N7O3S. The quantitative estimate of drug-likeness (QED) is 0.380. The van der Waals surface area contributed by atoms with Gasteiger partial charge >= 0.3 is 6.18 Å². The van der Waals surface area contributed by atoms with Crippen molar-refractivity contribution in [1.29, 1.82) is 0 Å². The smallest absolute Gasteiger partial charge is 0.433 e. The Hall–Kier alpha value is -3.78. The summed E-state index contributed by atoms with van der Waals surface area (Å²) in [6, 6.07) is 4.40. The summed E-state index contributed by atoms with van der Waals surface area (Å²) in [4.78, 5) is 27.6. The average Bonchev–Trinajstić information content (AvgIpc) is 3.63. The minimum Gasteiger partial charge on any atom is -0.494 e. The molecule has 0 radical (unpaired) electrons. The van der Waals surface area contributed by atoms with E-state index in [1.165, 1.54) is 37.1 Å². The molecular weight excluding hydrogens is 511 g/mol. The molecule has 4 aromatic rings. The molecule has 37 heavy (non-hydrogen) atoms. The number of rotatable bonds is 6. The predicted octanol–water partition coefficient (Wildman–Crippen LogP) is 3.80. The van der Waals surface area contributed by atoms with Gasteiger partial charge in [0.1, 0.15) is 23.3 Å². The number of halogens is 3. The summed E-state index contributed by atoms with van der Waals surface area (Å²) in [5.41, 5.74) is 5.37. The molecule has 4 heterocycles. The van der Waals surface area contributed by atoms with Crippen LogP contribution in [0.3, 0.4) is 0 Å². The molecule has 1 saturated heterocycles. The largest absolute Gasteiger partial charge is 0.494 e. The van der Waals surface area contributed by atoms with E-state index >= 15 is 0 Å². The fourth-order valence-corrected chi connectivity index (χ4v) is 4.80. The number of benzene rings is 1. The average molecular weight is 534 g/mol. The van der Waals surface area contributed by atoms with Gasteiger partial charge in [-0.1, -0.05) is 0 Å². The second kappa shape index (κ2) is 9.59. The summed E-state index contributed by atoms with van der Waals surface area (Å²) in [5, 5.41) is 4.07. The van der Waals surface area contributed by atoms with Gasteiger partial charge in [-0.2, -0.15) is 17.5 Å². The minimum atomic E-state index is -4.63. The lowest BCUT2D eigenvalue weighted by molar-refractivity contribution is -0.140. The van der Waals surface area contributed by atoms with E-state index < -0.39 is 23.8 Å². The molecule has 10 nitrogen and oxygen atoms in total. The van der Waals surface area contributed by atoms with Crippen molar-refractivity contribution >= 4 is 33.5 Å². The Morgan fingerprint density at radius 2 is 2.11 bits per heavy atom. The van der Waals surface area contributed by atoms with Crippen molar-refractivity contribution in [2.75, 3.05) is 25.1 Å². The van der Waals surface area contributed by atoms with Crippen molar-refractivity contribution in [3.8, 4) is 17.2 Å². The van der Waals surface area contributed by atoms with Gasteiger partial charge in [-0.05, 0) is 37.6 Å². The Labute approximate surface area is 212 Å². The van der Waals surface area contributed by atoms with Crippen molar-refractivity contribution in [3.05, 3.63) is 47.7 Å². The zero-order valence-corrected chi connectivity index (χ0v) is 20.6. The molecule has 1 fully saturated rings. The SMILES string of the molecule is COc1ccc(-c2nc(C(=O)N[C@H]3CCN(c4ncns4)C3)c([C@H](C)N)o2)c2ccc(C(F)(F)F)nc12. The molecule has 0 spiro atoms. The molecule has 1 aromatic carbocycles. The molecule has 2 atom stereocenters. The van der Waals surface area contributed by atoms with Gasteiger partial charge < -0.3 is 25.1 Å². The number of pyridine rings is 1. The van der Waals surface area contributed by atoms with Crippen LogP contribution in [0.15, 0.2) is 35.0 Å². The Kier molecular flexibility index (Phi) is 6.45. The number of hydrogen-bond acceptors (Lipinski definition) is 10. The third-order valence-electron chi connectivity index (χ3n) is 5.99. The van der Waals surface area contributed by atoms with Crippen LogP contribution in [-0.4, -0.2) is 51.5 Å². The van der Waals surface area contributed by atoms with Crippen LogP contribution in [0.1, 0.15) is 41.3 Å². The topological polar surface area (TPSA) is 132 Å². The summed E-state index contributed by atoms with van der Waals surface area (Å²) in [5.74, 6) is -0.103. The maximum Gasteiger partial charge on any atom is 0.433 e. The van der Waals surface area contributed by atoms with Crippen LogP contribution in [0.4, 0.5) is 18.3 Å². The summed E-state index contributed by atoms with van der Waals surface area (Å²) in [7, 11) is 1.34. The number of nitrogens with two attached hydrogens (primary N) is 1. The van der Waals surface area contributed by atoms with Gasteiger partial charge in [-0.25, -0.2) is 15.0 Å². The van der Waals surface area contributed by atoms with Gasteiger partial charge in [-0.15, -0.1) is 0 Å². The highest BCUT2D eigenvalue weighted by Crippen LogP contribution is 2.37. The van der Waals surface area contributed by atoms with Gasteiger partial charge in [0.2, 0.25) is 11.0 Å². The standard InChI is InChI=1S/C23H22F3N7O3S/c1-11(27)19-18(20(34)30-12-7-8-33(9-12)22-28-10-29-37-22)32-21(36-19)14-3-5-15(35-2)17-13(14)4-6-16(31-17)23(24,25)26/h3-6,10-12H,7-9,27H2,1-2H3,(H,30,34)/t11-,12-/m0/s1. The van der Waals surface area contributed by atoms with E-state index in [-0.39, 0.29) is 34.7 Å². The number of amides is 1. The van der Waals surface area contributed by atoms with Gasteiger partial charge in [0.25, 0.3) is 5.91 Å². The molecule has 0 bridgehead atoms. The highest BCUT2D eigenvalue weighted by Gasteiger charge is 2.34. The lowest BCUT2D eigenvalue weighted by Gasteiger charge is -2.15. The lowest BCUT2D eigenvalue weighted by Crippen LogP contribution is -2.37. The zero-order chi connectivity index (χ0) is 26.3. The number of nitrogens with zero attached hydrogens (tertiary/aromatic N) is 5. The number of ether oxygens (including phenoxy) is 1. The molecule has 0 saturated carbocycles. The van der Waals surface area contributed by atoms with Crippen LogP contribution in [0.25, 0.3) is 22.4 Å². The third-order valence-corrected chi connectivity index (χ3v) is 6.71. The van der Waals surface area contributed by atoms with Crippen molar-refractivity contribution in [2.24, 2.45) is 5.73 Å². The number of methoxy groups -OCH3 is 1. The second-order valence-corrected chi connectivity index (χ2v) is 9.31. The van der Waals surface area contributed by atoms with Gasteiger partial charge in [0.15, 0.2) is 11.5 Å². The van der Waals surface area contributed by atoms with E-state index in [1.807, 2.05) is 4.90 Å². The van der Waals surface area contributed by atoms with E-state index in [9.17, 15) is 18.0 Å². The summed E-state index contributed by atoms with van der Waals surface area (Å²) < 4.78 is 55.0. The monoisotopic (exact) mass is 533 g/mol. The Morgan fingerprint density at radius 1 is 1.30 bits per heavy atom. The van der Waals surface area contributed by atoms with Crippen molar-refractivity contribution in [3.63, 3.8) is 0 Å². The Morgan fingerprint density at radius 3 is 2.78 bits per heavy atom. The molecule has 14 heteroatoms. The number of alkyl halides is 3.